The number of nitrogen functional groups attached to an aromatic ring is 1. The molecule has 1 saturated heterocycles. The number of rotatable bonds is 2. The number of aliphatic hydroxyl groups excluding tert-OH is 1. The third kappa shape index (κ3) is 2.67. The first-order valence-corrected chi connectivity index (χ1v) is 6.41. The van der Waals surface area contributed by atoms with E-state index in [1.165, 1.54) is 5.69 Å². The predicted molar refractivity (Wildman–Crippen MR) is 72.6 cm³/mol. The second-order valence-electron chi connectivity index (χ2n) is 4.77. The van der Waals surface area contributed by atoms with Crippen LogP contribution in [0.15, 0.2) is 12.1 Å². The molecule has 0 radical (unpaired) electrons. The van der Waals surface area contributed by atoms with E-state index in [-0.39, 0.29) is 0 Å². The van der Waals surface area contributed by atoms with Gasteiger partial charge in [0.15, 0.2) is 0 Å². The van der Waals surface area contributed by atoms with Crippen molar-refractivity contribution in [3.05, 3.63) is 22.7 Å². The van der Waals surface area contributed by atoms with Crippen molar-refractivity contribution < 1.29 is 5.11 Å². The quantitative estimate of drug-likeness (QED) is 0.797. The Kier molecular flexibility index (Phi) is 3.79. The van der Waals surface area contributed by atoms with Gasteiger partial charge >= 0.3 is 0 Å². The maximum absolute atomic E-state index is 9.13. The minimum absolute atomic E-state index is 0.301. The highest BCUT2D eigenvalue weighted by atomic mass is 35.5. The molecule has 3 nitrogen and oxygen atoms in total. The number of nitrogens with zero attached hydrogens (tertiary/aromatic N) is 1. The van der Waals surface area contributed by atoms with Gasteiger partial charge in [-0.05, 0) is 43.4 Å². The molecule has 4 heteroatoms. The standard InChI is InChI=1S/C13H19ClN2O/c1-9-6-12(15)11(14)7-13(9)16-4-2-10(8-17)3-5-16/h6-7,10,17H,2-5,8,15H2,1H3. The highest BCUT2D eigenvalue weighted by Crippen LogP contribution is 2.31. The molecule has 2 rings (SSSR count). The Morgan fingerprint density at radius 2 is 2.06 bits per heavy atom. The summed E-state index contributed by atoms with van der Waals surface area (Å²) in [4.78, 5) is 2.33. The Bertz CT molecular complexity index is 401. The molecule has 0 unspecified atom stereocenters. The van der Waals surface area contributed by atoms with Crippen LogP contribution in [0, 0.1) is 12.8 Å². The molecular weight excluding hydrogens is 236 g/mol. The number of aliphatic hydroxyl groups is 1. The normalized spacial score (nSPS) is 17.5. The van der Waals surface area contributed by atoms with Gasteiger partial charge in [0.25, 0.3) is 0 Å². The largest absolute Gasteiger partial charge is 0.398 e. The molecule has 1 aliphatic heterocycles. The van der Waals surface area contributed by atoms with Crippen LogP contribution in [0.2, 0.25) is 5.02 Å². The molecule has 94 valence electrons. The second-order valence-corrected chi connectivity index (χ2v) is 5.18. The lowest BCUT2D eigenvalue weighted by Gasteiger charge is -2.34. The monoisotopic (exact) mass is 254 g/mol. The van der Waals surface area contributed by atoms with Gasteiger partial charge in [0.1, 0.15) is 0 Å². The molecular formula is C13H19ClN2O. The fraction of sp³-hybridized carbons (Fsp3) is 0.538. The number of piperidine rings is 1. The SMILES string of the molecule is Cc1cc(N)c(Cl)cc1N1CCC(CO)CC1. The molecule has 1 aliphatic rings. The average Bonchev–Trinajstić information content (AvgIpc) is 2.34. The third-order valence-corrected chi connectivity index (χ3v) is 3.86. The molecule has 0 atom stereocenters. The van der Waals surface area contributed by atoms with Crippen molar-refractivity contribution in [2.45, 2.75) is 19.8 Å². The van der Waals surface area contributed by atoms with Crippen LogP contribution in [0.25, 0.3) is 0 Å². The summed E-state index contributed by atoms with van der Waals surface area (Å²) in [5, 5.41) is 9.75. The van der Waals surface area contributed by atoms with E-state index in [0.717, 1.165) is 31.5 Å². The van der Waals surface area contributed by atoms with E-state index in [9.17, 15) is 0 Å². The van der Waals surface area contributed by atoms with Crippen molar-refractivity contribution in [2.75, 3.05) is 30.3 Å². The zero-order chi connectivity index (χ0) is 12.4. The number of halogens is 1. The third-order valence-electron chi connectivity index (χ3n) is 3.53. The van der Waals surface area contributed by atoms with Crippen molar-refractivity contribution in [2.24, 2.45) is 5.92 Å². The summed E-state index contributed by atoms with van der Waals surface area (Å²) in [6.07, 6.45) is 2.08. The maximum atomic E-state index is 9.13. The van der Waals surface area contributed by atoms with E-state index in [2.05, 4.69) is 11.8 Å². The number of aryl methyl sites for hydroxylation is 1. The van der Waals surface area contributed by atoms with Crippen LogP contribution in [0.1, 0.15) is 18.4 Å². The van der Waals surface area contributed by atoms with E-state index in [0.29, 0.717) is 23.2 Å². The van der Waals surface area contributed by atoms with Gasteiger partial charge < -0.3 is 15.7 Å². The minimum Gasteiger partial charge on any atom is -0.398 e. The topological polar surface area (TPSA) is 49.5 Å². The van der Waals surface area contributed by atoms with Gasteiger partial charge in [-0.3, -0.25) is 0 Å². The molecule has 17 heavy (non-hydrogen) atoms. The summed E-state index contributed by atoms with van der Waals surface area (Å²) in [5.74, 6) is 0.454. The Morgan fingerprint density at radius 1 is 1.41 bits per heavy atom. The molecule has 0 amide bonds. The highest BCUT2D eigenvalue weighted by Gasteiger charge is 2.20. The van der Waals surface area contributed by atoms with Crippen molar-refractivity contribution >= 4 is 23.0 Å². The summed E-state index contributed by atoms with van der Waals surface area (Å²) >= 11 is 6.07. The molecule has 0 aromatic heterocycles. The minimum atomic E-state index is 0.301. The van der Waals surface area contributed by atoms with Crippen LogP contribution in [0.4, 0.5) is 11.4 Å². The van der Waals surface area contributed by atoms with E-state index < -0.39 is 0 Å². The molecule has 0 bridgehead atoms. The Balaban J connectivity index is 2.16. The average molecular weight is 255 g/mol. The maximum Gasteiger partial charge on any atom is 0.0656 e. The summed E-state index contributed by atoms with van der Waals surface area (Å²) in [7, 11) is 0. The first-order valence-electron chi connectivity index (χ1n) is 6.03. The van der Waals surface area contributed by atoms with Gasteiger partial charge in [-0.1, -0.05) is 11.6 Å². The summed E-state index contributed by atoms with van der Waals surface area (Å²) in [6, 6.07) is 3.88. The van der Waals surface area contributed by atoms with Crippen LogP contribution < -0.4 is 10.6 Å². The van der Waals surface area contributed by atoms with Gasteiger partial charge in [-0.2, -0.15) is 0 Å². The van der Waals surface area contributed by atoms with Gasteiger partial charge in [0.05, 0.1) is 10.7 Å². The first kappa shape index (κ1) is 12.5. The molecule has 0 saturated carbocycles. The van der Waals surface area contributed by atoms with Crippen LogP contribution >= 0.6 is 11.6 Å². The number of nitrogens with two attached hydrogens (primary N) is 1. The summed E-state index contributed by atoms with van der Waals surface area (Å²) < 4.78 is 0. The molecule has 0 aliphatic carbocycles. The molecule has 1 heterocycles. The fourth-order valence-corrected chi connectivity index (χ4v) is 2.55. The Labute approximate surface area is 107 Å². The van der Waals surface area contributed by atoms with Crippen molar-refractivity contribution in [3.8, 4) is 0 Å². The highest BCUT2D eigenvalue weighted by molar-refractivity contribution is 6.33. The Morgan fingerprint density at radius 3 is 2.65 bits per heavy atom. The lowest BCUT2D eigenvalue weighted by atomic mass is 9.97. The molecule has 1 aromatic carbocycles. The zero-order valence-corrected chi connectivity index (χ0v) is 10.9. The predicted octanol–water partition coefficient (Wildman–Crippen LogP) is 2.44. The van der Waals surface area contributed by atoms with Gasteiger partial charge in [-0.15, -0.1) is 0 Å². The van der Waals surface area contributed by atoms with E-state index in [1.807, 2.05) is 12.1 Å². The molecule has 3 N–H and O–H groups in total. The van der Waals surface area contributed by atoms with E-state index >= 15 is 0 Å². The summed E-state index contributed by atoms with van der Waals surface area (Å²) in [5.41, 5.74) is 8.74. The Hall–Kier alpha value is -0.930. The molecule has 1 fully saturated rings. The zero-order valence-electron chi connectivity index (χ0n) is 10.1. The van der Waals surface area contributed by atoms with Gasteiger partial charge in [0.2, 0.25) is 0 Å². The number of hydrogen-bond donors (Lipinski definition) is 2. The smallest absolute Gasteiger partial charge is 0.0656 e. The van der Waals surface area contributed by atoms with Crippen molar-refractivity contribution in [1.29, 1.82) is 0 Å². The van der Waals surface area contributed by atoms with Crippen molar-refractivity contribution in [1.82, 2.24) is 0 Å². The molecule has 1 aromatic rings. The second kappa shape index (κ2) is 5.15. The van der Waals surface area contributed by atoms with E-state index in [1.54, 1.807) is 0 Å². The fourth-order valence-electron chi connectivity index (χ4n) is 2.39. The number of anilines is 2. The number of hydrogen-bond acceptors (Lipinski definition) is 3. The lowest BCUT2D eigenvalue weighted by Crippen LogP contribution is -2.35. The molecule has 0 spiro atoms. The first-order chi connectivity index (χ1) is 8.11. The van der Waals surface area contributed by atoms with Gasteiger partial charge in [0, 0.05) is 25.4 Å². The number of benzene rings is 1. The lowest BCUT2D eigenvalue weighted by molar-refractivity contribution is 0.203. The van der Waals surface area contributed by atoms with Crippen molar-refractivity contribution in [3.63, 3.8) is 0 Å². The van der Waals surface area contributed by atoms with Crippen LogP contribution in [-0.2, 0) is 0 Å². The van der Waals surface area contributed by atoms with Crippen LogP contribution in [-0.4, -0.2) is 24.8 Å². The summed E-state index contributed by atoms with van der Waals surface area (Å²) in [6.45, 7) is 4.31. The van der Waals surface area contributed by atoms with Crippen LogP contribution in [0.5, 0.6) is 0 Å². The van der Waals surface area contributed by atoms with Gasteiger partial charge in [-0.25, -0.2) is 0 Å². The van der Waals surface area contributed by atoms with Crippen LogP contribution in [0.3, 0.4) is 0 Å². The van der Waals surface area contributed by atoms with E-state index in [4.69, 9.17) is 22.4 Å².